The third-order valence-electron chi connectivity index (χ3n) is 3.88. The molecule has 29 heavy (non-hydrogen) atoms. The molecule has 1 heterocycles. The fourth-order valence-corrected chi connectivity index (χ4v) is 3.25. The van der Waals surface area contributed by atoms with Gasteiger partial charge in [0.25, 0.3) is 11.6 Å². The van der Waals surface area contributed by atoms with Crippen molar-refractivity contribution < 1.29 is 18.9 Å². The fourth-order valence-electron chi connectivity index (χ4n) is 2.39. The average molecular weight is 411 g/mol. The van der Waals surface area contributed by atoms with Gasteiger partial charge < -0.3 is 15.1 Å². The minimum atomic E-state index is -0.495. The minimum absolute atomic E-state index is 0.0374. The molecule has 0 radical (unpaired) electrons. The standard InChI is InChI=1S/C20H17N3O5S/c1-13(19(24)21-14-4-8-16(9-5-14)23(26)27)29-17-10-6-15(7-11-17)22-20(25)18-3-2-12-28-18/h2-13H,1H3,(H,21,24)(H,22,25). The van der Waals surface area contributed by atoms with E-state index in [2.05, 4.69) is 10.6 Å². The van der Waals surface area contributed by atoms with E-state index < -0.39 is 10.2 Å². The summed E-state index contributed by atoms with van der Waals surface area (Å²) in [6.07, 6.45) is 1.43. The fraction of sp³-hybridized carbons (Fsp3) is 0.100. The Bertz CT molecular complexity index is 1000. The van der Waals surface area contributed by atoms with Crippen LogP contribution in [0.2, 0.25) is 0 Å². The zero-order chi connectivity index (χ0) is 20.8. The van der Waals surface area contributed by atoms with Crippen molar-refractivity contribution in [3.8, 4) is 0 Å². The highest BCUT2D eigenvalue weighted by atomic mass is 32.2. The summed E-state index contributed by atoms with van der Waals surface area (Å²) < 4.78 is 5.04. The first-order valence-corrected chi connectivity index (χ1v) is 9.47. The molecule has 0 bridgehead atoms. The third-order valence-corrected chi connectivity index (χ3v) is 5.00. The van der Waals surface area contributed by atoms with Gasteiger partial charge in [-0.1, -0.05) is 0 Å². The number of amides is 2. The first-order chi connectivity index (χ1) is 13.9. The molecule has 0 fully saturated rings. The zero-order valence-electron chi connectivity index (χ0n) is 15.3. The molecule has 0 aliphatic carbocycles. The molecule has 2 aromatic carbocycles. The quantitative estimate of drug-likeness (QED) is 0.335. The molecule has 1 aromatic heterocycles. The maximum absolute atomic E-state index is 12.3. The molecule has 3 rings (SSSR count). The highest BCUT2D eigenvalue weighted by Crippen LogP contribution is 2.26. The number of thioether (sulfide) groups is 1. The number of furan rings is 1. The van der Waals surface area contributed by atoms with Crippen molar-refractivity contribution in [1.29, 1.82) is 0 Å². The van der Waals surface area contributed by atoms with E-state index in [0.717, 1.165) is 4.90 Å². The lowest BCUT2D eigenvalue weighted by Gasteiger charge is -2.12. The lowest BCUT2D eigenvalue weighted by Crippen LogP contribution is -2.22. The molecular formula is C20H17N3O5S. The summed E-state index contributed by atoms with van der Waals surface area (Å²) >= 11 is 1.35. The van der Waals surface area contributed by atoms with E-state index in [9.17, 15) is 19.7 Å². The van der Waals surface area contributed by atoms with E-state index in [-0.39, 0.29) is 23.3 Å². The molecule has 2 amide bonds. The van der Waals surface area contributed by atoms with Crippen molar-refractivity contribution in [1.82, 2.24) is 0 Å². The topological polar surface area (TPSA) is 114 Å². The van der Waals surface area contributed by atoms with Crippen LogP contribution in [-0.2, 0) is 4.79 Å². The second-order valence-corrected chi connectivity index (χ2v) is 7.42. The van der Waals surface area contributed by atoms with Crippen molar-refractivity contribution in [2.45, 2.75) is 17.1 Å². The summed E-state index contributed by atoms with van der Waals surface area (Å²) in [7, 11) is 0. The Morgan fingerprint density at radius 1 is 1.00 bits per heavy atom. The number of nitro groups is 1. The molecule has 8 nitrogen and oxygen atoms in total. The van der Waals surface area contributed by atoms with Gasteiger partial charge in [-0.25, -0.2) is 0 Å². The Morgan fingerprint density at radius 2 is 1.62 bits per heavy atom. The van der Waals surface area contributed by atoms with Crippen LogP contribution in [0.1, 0.15) is 17.5 Å². The number of non-ortho nitro benzene ring substituents is 1. The van der Waals surface area contributed by atoms with Crippen LogP contribution in [-0.4, -0.2) is 22.0 Å². The van der Waals surface area contributed by atoms with E-state index in [1.165, 1.54) is 42.3 Å². The van der Waals surface area contributed by atoms with Crippen LogP contribution in [0, 0.1) is 10.1 Å². The van der Waals surface area contributed by atoms with Crippen molar-refractivity contribution in [3.63, 3.8) is 0 Å². The Labute approximate surface area is 170 Å². The van der Waals surface area contributed by atoms with Gasteiger partial charge in [-0.15, -0.1) is 11.8 Å². The molecular weight excluding hydrogens is 394 g/mol. The maximum Gasteiger partial charge on any atom is 0.291 e. The molecule has 1 atom stereocenters. The molecule has 1 unspecified atom stereocenters. The van der Waals surface area contributed by atoms with Crippen LogP contribution < -0.4 is 10.6 Å². The van der Waals surface area contributed by atoms with Gasteiger partial charge in [0.15, 0.2) is 5.76 Å². The summed E-state index contributed by atoms with van der Waals surface area (Å²) in [6.45, 7) is 1.76. The lowest BCUT2D eigenvalue weighted by molar-refractivity contribution is -0.384. The van der Waals surface area contributed by atoms with Crippen LogP contribution in [0.3, 0.4) is 0 Å². The SMILES string of the molecule is CC(Sc1ccc(NC(=O)c2ccco2)cc1)C(=O)Nc1ccc([N+](=O)[O-])cc1. The van der Waals surface area contributed by atoms with Gasteiger partial charge in [0, 0.05) is 28.4 Å². The van der Waals surface area contributed by atoms with Crippen LogP contribution in [0.4, 0.5) is 17.1 Å². The molecule has 0 saturated carbocycles. The minimum Gasteiger partial charge on any atom is -0.459 e. The van der Waals surface area contributed by atoms with Gasteiger partial charge in [0.1, 0.15) is 0 Å². The van der Waals surface area contributed by atoms with Gasteiger partial charge >= 0.3 is 0 Å². The summed E-state index contributed by atoms with van der Waals surface area (Å²) in [5.41, 5.74) is 1.06. The van der Waals surface area contributed by atoms with Gasteiger partial charge in [-0.3, -0.25) is 19.7 Å². The van der Waals surface area contributed by atoms with Crippen LogP contribution >= 0.6 is 11.8 Å². The molecule has 148 valence electrons. The van der Waals surface area contributed by atoms with E-state index in [1.54, 1.807) is 43.3 Å². The van der Waals surface area contributed by atoms with Gasteiger partial charge in [-0.2, -0.15) is 0 Å². The van der Waals surface area contributed by atoms with Gasteiger partial charge in [0.05, 0.1) is 16.4 Å². The Balaban J connectivity index is 1.54. The Hall–Kier alpha value is -3.59. The van der Waals surface area contributed by atoms with E-state index in [1.807, 2.05) is 0 Å². The first kappa shape index (κ1) is 20.2. The molecule has 0 aliphatic rings. The Kier molecular flexibility index (Phi) is 6.30. The molecule has 3 aromatic rings. The highest BCUT2D eigenvalue weighted by molar-refractivity contribution is 8.00. The summed E-state index contributed by atoms with van der Waals surface area (Å²) in [5.74, 6) is -0.342. The predicted octanol–water partition coefficient (Wildman–Crippen LogP) is 4.56. The lowest BCUT2D eigenvalue weighted by atomic mass is 10.3. The van der Waals surface area contributed by atoms with Crippen molar-refractivity contribution in [3.05, 3.63) is 82.8 Å². The highest BCUT2D eigenvalue weighted by Gasteiger charge is 2.15. The van der Waals surface area contributed by atoms with Crippen molar-refractivity contribution >= 4 is 40.6 Å². The number of anilines is 2. The second-order valence-electron chi connectivity index (χ2n) is 6.01. The van der Waals surface area contributed by atoms with Crippen LogP contribution in [0.25, 0.3) is 0 Å². The predicted molar refractivity (Wildman–Crippen MR) is 110 cm³/mol. The number of hydrogen-bond donors (Lipinski definition) is 2. The molecule has 0 saturated heterocycles. The monoisotopic (exact) mass is 411 g/mol. The summed E-state index contributed by atoms with van der Waals surface area (Å²) in [6, 6.07) is 16.0. The van der Waals surface area contributed by atoms with E-state index >= 15 is 0 Å². The number of hydrogen-bond acceptors (Lipinski definition) is 6. The number of carbonyl (C=O) groups is 2. The van der Waals surface area contributed by atoms with Gasteiger partial charge in [0.2, 0.25) is 5.91 Å². The molecule has 0 aliphatic heterocycles. The number of carbonyl (C=O) groups excluding carboxylic acids is 2. The zero-order valence-corrected chi connectivity index (χ0v) is 16.1. The van der Waals surface area contributed by atoms with E-state index in [4.69, 9.17) is 4.42 Å². The number of rotatable bonds is 7. The van der Waals surface area contributed by atoms with E-state index in [0.29, 0.717) is 11.4 Å². The smallest absolute Gasteiger partial charge is 0.291 e. The number of nitrogens with zero attached hydrogens (tertiary/aromatic N) is 1. The molecule has 2 N–H and O–H groups in total. The van der Waals surface area contributed by atoms with Crippen LogP contribution in [0.5, 0.6) is 0 Å². The average Bonchev–Trinajstić information content (AvgIpc) is 3.25. The first-order valence-electron chi connectivity index (χ1n) is 8.59. The number of nitrogens with one attached hydrogen (secondary N) is 2. The normalized spacial score (nSPS) is 11.5. The molecule has 0 spiro atoms. The van der Waals surface area contributed by atoms with Crippen molar-refractivity contribution in [2.24, 2.45) is 0 Å². The van der Waals surface area contributed by atoms with Gasteiger partial charge in [-0.05, 0) is 55.5 Å². The Morgan fingerprint density at radius 3 is 2.21 bits per heavy atom. The maximum atomic E-state index is 12.3. The largest absolute Gasteiger partial charge is 0.459 e. The molecule has 9 heteroatoms. The second kappa shape index (κ2) is 9.07. The van der Waals surface area contributed by atoms with Crippen molar-refractivity contribution in [2.75, 3.05) is 10.6 Å². The summed E-state index contributed by atoms with van der Waals surface area (Å²) in [4.78, 5) is 35.3. The summed E-state index contributed by atoms with van der Waals surface area (Å²) in [5, 5.41) is 15.7. The number of nitro benzene ring substituents is 1. The van der Waals surface area contributed by atoms with Crippen LogP contribution in [0.15, 0.2) is 76.2 Å². The number of benzene rings is 2. The third kappa shape index (κ3) is 5.45.